The van der Waals surface area contributed by atoms with Crippen molar-refractivity contribution in [2.24, 2.45) is 5.92 Å². The topological polar surface area (TPSA) is 64.8 Å². The molecule has 6 heteroatoms. The number of esters is 1. The predicted molar refractivity (Wildman–Crippen MR) is 93.1 cm³/mol. The van der Waals surface area contributed by atoms with Gasteiger partial charge in [-0.25, -0.2) is 0 Å². The summed E-state index contributed by atoms with van der Waals surface area (Å²) in [4.78, 5) is 14.3. The highest BCUT2D eigenvalue weighted by Gasteiger charge is 2.27. The molecule has 1 aromatic heterocycles. The Kier molecular flexibility index (Phi) is 5.71. The van der Waals surface area contributed by atoms with E-state index in [0.717, 1.165) is 42.0 Å². The van der Waals surface area contributed by atoms with Crippen LogP contribution < -0.4 is 4.74 Å². The number of nitrogens with zero attached hydrogens (tertiary/aromatic N) is 2. The molecule has 0 bridgehead atoms. The van der Waals surface area contributed by atoms with Crippen LogP contribution in [0.2, 0.25) is 0 Å². The van der Waals surface area contributed by atoms with Crippen molar-refractivity contribution in [2.45, 2.75) is 26.3 Å². The molecule has 0 aliphatic carbocycles. The number of carbonyl (C=O) groups excluding carboxylic acids is 1. The molecule has 25 heavy (non-hydrogen) atoms. The highest BCUT2D eigenvalue weighted by atomic mass is 16.5. The van der Waals surface area contributed by atoms with Gasteiger partial charge in [-0.05, 0) is 38.4 Å². The van der Waals surface area contributed by atoms with Crippen LogP contribution in [-0.4, -0.2) is 42.8 Å². The van der Waals surface area contributed by atoms with E-state index in [9.17, 15) is 4.79 Å². The van der Waals surface area contributed by atoms with Crippen molar-refractivity contribution in [3.8, 4) is 17.1 Å². The van der Waals surface area contributed by atoms with Gasteiger partial charge in [0.2, 0.25) is 0 Å². The molecule has 0 amide bonds. The number of aromatic nitrogens is 1. The van der Waals surface area contributed by atoms with E-state index in [2.05, 4.69) is 10.1 Å². The number of likely N-dealkylation sites (tertiary alicyclic amines) is 1. The zero-order chi connectivity index (χ0) is 17.6. The van der Waals surface area contributed by atoms with Crippen LogP contribution in [0.3, 0.4) is 0 Å². The number of rotatable bonds is 6. The summed E-state index contributed by atoms with van der Waals surface area (Å²) < 4.78 is 15.9. The highest BCUT2D eigenvalue weighted by Crippen LogP contribution is 2.29. The quantitative estimate of drug-likeness (QED) is 0.750. The Morgan fingerprint density at radius 2 is 2.32 bits per heavy atom. The SMILES string of the molecule is CCOC(=O)C1CCCN(Cc2cnoc2-c2cccc(OC)c2)C1. The Hall–Kier alpha value is -2.34. The lowest BCUT2D eigenvalue weighted by Gasteiger charge is -2.31. The van der Waals surface area contributed by atoms with Gasteiger partial charge in [0.15, 0.2) is 5.76 Å². The lowest BCUT2D eigenvalue weighted by molar-refractivity contribution is -0.150. The molecule has 1 saturated heterocycles. The molecule has 0 N–H and O–H groups in total. The van der Waals surface area contributed by atoms with Crippen LogP contribution in [0, 0.1) is 5.92 Å². The van der Waals surface area contributed by atoms with Crippen LogP contribution in [0.15, 0.2) is 35.0 Å². The first-order chi connectivity index (χ1) is 12.2. The second-order valence-electron chi connectivity index (χ2n) is 6.24. The van der Waals surface area contributed by atoms with Crippen molar-refractivity contribution in [1.82, 2.24) is 10.1 Å². The molecule has 6 nitrogen and oxygen atoms in total. The average molecular weight is 344 g/mol. The summed E-state index contributed by atoms with van der Waals surface area (Å²) in [6.45, 7) is 4.64. The van der Waals surface area contributed by atoms with E-state index in [1.165, 1.54) is 0 Å². The van der Waals surface area contributed by atoms with E-state index < -0.39 is 0 Å². The molecule has 2 heterocycles. The molecule has 1 aromatic carbocycles. The maximum Gasteiger partial charge on any atom is 0.310 e. The minimum atomic E-state index is -0.0921. The molecule has 1 aliphatic heterocycles. The zero-order valence-electron chi connectivity index (χ0n) is 14.7. The third kappa shape index (κ3) is 4.20. The van der Waals surface area contributed by atoms with Gasteiger partial charge in [0, 0.05) is 24.2 Å². The van der Waals surface area contributed by atoms with Gasteiger partial charge < -0.3 is 14.0 Å². The van der Waals surface area contributed by atoms with Gasteiger partial charge in [-0.2, -0.15) is 0 Å². The fourth-order valence-electron chi connectivity index (χ4n) is 3.27. The van der Waals surface area contributed by atoms with Crippen molar-refractivity contribution >= 4 is 5.97 Å². The molecule has 134 valence electrons. The van der Waals surface area contributed by atoms with Gasteiger partial charge in [0.05, 0.1) is 25.8 Å². The molecule has 1 atom stereocenters. The van der Waals surface area contributed by atoms with E-state index in [4.69, 9.17) is 14.0 Å². The standard InChI is InChI=1S/C19H24N2O4/c1-3-24-19(22)15-7-5-9-21(12-15)13-16-11-20-25-18(16)14-6-4-8-17(10-14)23-2/h4,6,8,10-11,15H,3,5,7,9,12-13H2,1-2H3. The predicted octanol–water partition coefficient (Wildman–Crippen LogP) is 3.13. The van der Waals surface area contributed by atoms with Crippen LogP contribution in [0.5, 0.6) is 5.75 Å². The van der Waals surface area contributed by atoms with E-state index in [0.29, 0.717) is 19.7 Å². The molecule has 1 fully saturated rings. The Morgan fingerprint density at radius 3 is 3.12 bits per heavy atom. The van der Waals surface area contributed by atoms with Crippen molar-refractivity contribution in [2.75, 3.05) is 26.8 Å². The molecule has 1 aliphatic rings. The maximum atomic E-state index is 12.0. The van der Waals surface area contributed by atoms with Crippen LogP contribution in [-0.2, 0) is 16.1 Å². The minimum absolute atomic E-state index is 0.0474. The molecular weight excluding hydrogens is 320 g/mol. The average Bonchev–Trinajstić information content (AvgIpc) is 3.10. The summed E-state index contributed by atoms with van der Waals surface area (Å²) in [6.07, 6.45) is 3.63. The summed E-state index contributed by atoms with van der Waals surface area (Å²) in [6, 6.07) is 7.73. The third-order valence-electron chi connectivity index (χ3n) is 4.50. The molecular formula is C19H24N2O4. The summed E-state index contributed by atoms with van der Waals surface area (Å²) in [5.41, 5.74) is 1.95. The first-order valence-corrected chi connectivity index (χ1v) is 8.68. The lowest BCUT2D eigenvalue weighted by atomic mass is 9.97. The molecule has 3 rings (SSSR count). The number of ether oxygens (including phenoxy) is 2. The van der Waals surface area contributed by atoms with E-state index in [1.807, 2.05) is 31.2 Å². The number of piperidine rings is 1. The second-order valence-corrected chi connectivity index (χ2v) is 6.24. The van der Waals surface area contributed by atoms with Crippen LogP contribution in [0.25, 0.3) is 11.3 Å². The first-order valence-electron chi connectivity index (χ1n) is 8.68. The fourth-order valence-corrected chi connectivity index (χ4v) is 3.27. The smallest absolute Gasteiger partial charge is 0.310 e. The highest BCUT2D eigenvalue weighted by molar-refractivity contribution is 5.72. The lowest BCUT2D eigenvalue weighted by Crippen LogP contribution is -2.38. The Morgan fingerprint density at radius 1 is 1.44 bits per heavy atom. The van der Waals surface area contributed by atoms with Gasteiger partial charge in [-0.1, -0.05) is 17.3 Å². The molecule has 0 saturated carbocycles. The van der Waals surface area contributed by atoms with Gasteiger partial charge in [-0.15, -0.1) is 0 Å². The summed E-state index contributed by atoms with van der Waals surface area (Å²) in [7, 11) is 1.64. The van der Waals surface area contributed by atoms with Crippen molar-refractivity contribution in [3.63, 3.8) is 0 Å². The van der Waals surface area contributed by atoms with E-state index >= 15 is 0 Å². The van der Waals surface area contributed by atoms with E-state index in [-0.39, 0.29) is 11.9 Å². The third-order valence-corrected chi connectivity index (χ3v) is 4.50. The molecule has 2 aromatic rings. The van der Waals surface area contributed by atoms with Gasteiger partial charge >= 0.3 is 5.97 Å². The first kappa shape index (κ1) is 17.5. The van der Waals surface area contributed by atoms with Gasteiger partial charge in [0.25, 0.3) is 0 Å². The normalized spacial score (nSPS) is 18.1. The summed E-state index contributed by atoms with van der Waals surface area (Å²) in [5.74, 6) is 1.39. The largest absolute Gasteiger partial charge is 0.497 e. The minimum Gasteiger partial charge on any atom is -0.497 e. The van der Waals surface area contributed by atoms with Crippen molar-refractivity contribution < 1.29 is 18.8 Å². The van der Waals surface area contributed by atoms with Gasteiger partial charge in [-0.3, -0.25) is 9.69 Å². The number of hydrogen-bond acceptors (Lipinski definition) is 6. The van der Waals surface area contributed by atoms with E-state index in [1.54, 1.807) is 13.3 Å². The Balaban J connectivity index is 1.71. The number of benzene rings is 1. The number of carbonyl (C=O) groups is 1. The fraction of sp³-hybridized carbons (Fsp3) is 0.474. The summed E-state index contributed by atoms with van der Waals surface area (Å²) >= 11 is 0. The Bertz CT molecular complexity index is 713. The monoisotopic (exact) mass is 344 g/mol. The molecule has 0 spiro atoms. The number of methoxy groups -OCH3 is 1. The molecule has 1 unspecified atom stereocenters. The second kappa shape index (κ2) is 8.16. The number of hydrogen-bond donors (Lipinski definition) is 0. The van der Waals surface area contributed by atoms with Crippen LogP contribution in [0.4, 0.5) is 0 Å². The Labute approximate surface area is 147 Å². The summed E-state index contributed by atoms with van der Waals surface area (Å²) in [5, 5.41) is 3.97. The maximum absolute atomic E-state index is 12.0. The molecule has 0 radical (unpaired) electrons. The zero-order valence-corrected chi connectivity index (χ0v) is 14.7. The van der Waals surface area contributed by atoms with Gasteiger partial charge in [0.1, 0.15) is 5.75 Å². The van der Waals surface area contributed by atoms with Crippen molar-refractivity contribution in [3.05, 3.63) is 36.0 Å². The van der Waals surface area contributed by atoms with Crippen molar-refractivity contribution in [1.29, 1.82) is 0 Å². The van der Waals surface area contributed by atoms with Crippen LogP contribution >= 0.6 is 0 Å². The van der Waals surface area contributed by atoms with Crippen LogP contribution in [0.1, 0.15) is 25.3 Å².